The van der Waals surface area contributed by atoms with E-state index >= 15 is 0 Å². The summed E-state index contributed by atoms with van der Waals surface area (Å²) in [7, 11) is 3.69. The fourth-order valence-corrected chi connectivity index (χ4v) is 2.56. The van der Waals surface area contributed by atoms with Crippen molar-refractivity contribution in [1.29, 1.82) is 0 Å². The van der Waals surface area contributed by atoms with Crippen molar-refractivity contribution in [3.8, 4) is 16.9 Å². The summed E-state index contributed by atoms with van der Waals surface area (Å²) in [4.78, 5) is 0. The van der Waals surface area contributed by atoms with Crippen LogP contribution in [0.4, 0.5) is 0 Å². The molecule has 0 amide bonds. The second kappa shape index (κ2) is 6.31. The first-order chi connectivity index (χ1) is 9.93. The summed E-state index contributed by atoms with van der Waals surface area (Å²) < 4.78 is 7.31. The minimum atomic E-state index is 0.445. The Morgan fingerprint density at radius 1 is 1.29 bits per heavy atom. The van der Waals surface area contributed by atoms with Crippen molar-refractivity contribution in [3.63, 3.8) is 0 Å². The summed E-state index contributed by atoms with van der Waals surface area (Å²) in [6, 6.07) is 6.70. The molecule has 1 N–H and O–H groups in total. The van der Waals surface area contributed by atoms with Gasteiger partial charge in [-0.25, -0.2) is 0 Å². The number of aromatic nitrogens is 2. The molecule has 1 aromatic carbocycles. The minimum absolute atomic E-state index is 0.445. The Labute approximate surface area is 127 Å². The minimum Gasteiger partial charge on any atom is -0.497 e. The molecule has 0 unspecified atom stereocenters. The Kier molecular flexibility index (Phi) is 4.68. The molecule has 0 saturated heterocycles. The fraction of sp³-hybridized carbons (Fsp3) is 0.471. The van der Waals surface area contributed by atoms with Crippen LogP contribution < -0.4 is 10.1 Å². The Morgan fingerprint density at radius 2 is 2.00 bits per heavy atom. The maximum Gasteiger partial charge on any atom is 0.119 e. The molecule has 21 heavy (non-hydrogen) atoms. The summed E-state index contributed by atoms with van der Waals surface area (Å²) in [6.07, 6.45) is 0. The molecule has 2 rings (SSSR count). The number of hydrogen-bond donors (Lipinski definition) is 1. The van der Waals surface area contributed by atoms with E-state index in [-0.39, 0.29) is 0 Å². The van der Waals surface area contributed by atoms with Crippen molar-refractivity contribution in [2.75, 3.05) is 7.11 Å². The van der Waals surface area contributed by atoms with Crippen molar-refractivity contribution in [1.82, 2.24) is 15.1 Å². The third-order valence-corrected chi connectivity index (χ3v) is 3.79. The molecule has 1 aromatic heterocycles. The highest BCUT2D eigenvalue weighted by Crippen LogP contribution is 2.32. The number of rotatable bonds is 5. The van der Waals surface area contributed by atoms with Gasteiger partial charge in [0.2, 0.25) is 0 Å². The zero-order valence-electron chi connectivity index (χ0n) is 13.8. The van der Waals surface area contributed by atoms with Crippen LogP contribution in [-0.2, 0) is 13.6 Å². The van der Waals surface area contributed by atoms with Gasteiger partial charge in [0, 0.05) is 30.9 Å². The molecule has 0 saturated carbocycles. The first kappa shape index (κ1) is 15.6. The molecule has 2 aromatic rings. The second-order valence-corrected chi connectivity index (χ2v) is 5.73. The molecule has 0 bridgehead atoms. The predicted octanol–water partition coefficient (Wildman–Crippen LogP) is 3.21. The smallest absolute Gasteiger partial charge is 0.119 e. The van der Waals surface area contributed by atoms with Crippen LogP contribution in [0.25, 0.3) is 11.1 Å². The lowest BCUT2D eigenvalue weighted by Crippen LogP contribution is -2.22. The van der Waals surface area contributed by atoms with Gasteiger partial charge in [0.05, 0.1) is 12.8 Å². The Bertz CT molecular complexity index is 629. The average Bonchev–Trinajstić information content (AvgIpc) is 2.70. The topological polar surface area (TPSA) is 39.1 Å². The van der Waals surface area contributed by atoms with Gasteiger partial charge in [-0.15, -0.1) is 0 Å². The van der Waals surface area contributed by atoms with Crippen LogP contribution in [0.15, 0.2) is 18.2 Å². The lowest BCUT2D eigenvalue weighted by Gasteiger charge is -2.14. The monoisotopic (exact) mass is 287 g/mol. The molecule has 0 fully saturated rings. The highest BCUT2D eigenvalue weighted by molar-refractivity contribution is 5.72. The Morgan fingerprint density at radius 3 is 2.52 bits per heavy atom. The van der Waals surface area contributed by atoms with Crippen molar-refractivity contribution in [3.05, 3.63) is 35.2 Å². The SMILES string of the molecule is COc1ccc(-c2c(C)nn(C)c2C)c(CNC(C)C)c1. The van der Waals surface area contributed by atoms with E-state index in [1.54, 1.807) is 7.11 Å². The lowest BCUT2D eigenvalue weighted by atomic mass is 9.97. The summed E-state index contributed by atoms with van der Waals surface area (Å²) >= 11 is 0. The maximum absolute atomic E-state index is 5.37. The number of nitrogens with one attached hydrogen (secondary N) is 1. The summed E-state index contributed by atoms with van der Waals surface area (Å²) in [5.74, 6) is 0.888. The van der Waals surface area contributed by atoms with E-state index in [1.807, 2.05) is 17.8 Å². The van der Waals surface area contributed by atoms with Gasteiger partial charge in [-0.05, 0) is 37.1 Å². The standard InChI is InChI=1S/C17H25N3O/c1-11(2)18-10-14-9-15(21-6)7-8-16(14)17-12(3)19-20(5)13(17)4/h7-9,11,18H,10H2,1-6H3. The zero-order chi connectivity index (χ0) is 15.6. The van der Waals surface area contributed by atoms with Crippen molar-refractivity contribution >= 4 is 0 Å². The predicted molar refractivity (Wildman–Crippen MR) is 86.6 cm³/mol. The van der Waals surface area contributed by atoms with Crippen LogP contribution in [0.2, 0.25) is 0 Å². The first-order valence-corrected chi connectivity index (χ1v) is 7.35. The largest absolute Gasteiger partial charge is 0.497 e. The van der Waals surface area contributed by atoms with Crippen molar-refractivity contribution in [2.45, 2.75) is 40.3 Å². The Hall–Kier alpha value is -1.81. The van der Waals surface area contributed by atoms with Crippen LogP contribution in [0.5, 0.6) is 5.75 Å². The van der Waals surface area contributed by atoms with Crippen molar-refractivity contribution in [2.24, 2.45) is 7.05 Å². The van der Waals surface area contributed by atoms with Gasteiger partial charge in [-0.2, -0.15) is 5.10 Å². The molecule has 0 spiro atoms. The number of aryl methyl sites for hydroxylation is 2. The van der Waals surface area contributed by atoms with E-state index in [0.29, 0.717) is 6.04 Å². The third-order valence-electron chi connectivity index (χ3n) is 3.79. The van der Waals surface area contributed by atoms with E-state index in [4.69, 9.17) is 4.74 Å². The number of nitrogens with zero attached hydrogens (tertiary/aromatic N) is 2. The van der Waals surface area contributed by atoms with E-state index in [1.165, 1.54) is 22.4 Å². The molecular formula is C17H25N3O. The van der Waals surface area contributed by atoms with Crippen LogP contribution >= 0.6 is 0 Å². The van der Waals surface area contributed by atoms with Crippen LogP contribution in [-0.4, -0.2) is 22.9 Å². The molecule has 0 radical (unpaired) electrons. The molecule has 4 heteroatoms. The average molecular weight is 287 g/mol. The highest BCUT2D eigenvalue weighted by Gasteiger charge is 2.15. The Balaban J connectivity index is 2.51. The highest BCUT2D eigenvalue weighted by atomic mass is 16.5. The van der Waals surface area contributed by atoms with Crippen LogP contribution in [0, 0.1) is 13.8 Å². The first-order valence-electron chi connectivity index (χ1n) is 7.35. The molecule has 0 aliphatic heterocycles. The number of methoxy groups -OCH3 is 1. The molecule has 1 heterocycles. The summed E-state index contributed by atoms with van der Waals surface area (Å²) in [6.45, 7) is 9.30. The van der Waals surface area contributed by atoms with E-state index in [0.717, 1.165) is 18.0 Å². The molecule has 0 aliphatic rings. The normalized spacial score (nSPS) is 11.2. The number of hydrogen-bond acceptors (Lipinski definition) is 3. The molecule has 0 aliphatic carbocycles. The van der Waals surface area contributed by atoms with Gasteiger partial charge in [-0.3, -0.25) is 4.68 Å². The third kappa shape index (κ3) is 3.27. The summed E-state index contributed by atoms with van der Waals surface area (Å²) in [5.41, 5.74) is 5.93. The number of ether oxygens (including phenoxy) is 1. The molecular weight excluding hydrogens is 262 g/mol. The zero-order valence-corrected chi connectivity index (χ0v) is 13.8. The van der Waals surface area contributed by atoms with E-state index in [9.17, 15) is 0 Å². The van der Waals surface area contributed by atoms with E-state index in [2.05, 4.69) is 50.2 Å². The number of benzene rings is 1. The summed E-state index contributed by atoms with van der Waals surface area (Å²) in [5, 5.41) is 8.02. The maximum atomic E-state index is 5.37. The lowest BCUT2D eigenvalue weighted by molar-refractivity contribution is 0.414. The molecule has 114 valence electrons. The van der Waals surface area contributed by atoms with Crippen LogP contribution in [0.3, 0.4) is 0 Å². The molecule has 0 atom stereocenters. The van der Waals surface area contributed by atoms with Gasteiger partial charge in [0.25, 0.3) is 0 Å². The van der Waals surface area contributed by atoms with Crippen LogP contribution in [0.1, 0.15) is 30.8 Å². The van der Waals surface area contributed by atoms with Gasteiger partial charge in [-0.1, -0.05) is 19.9 Å². The molecule has 4 nitrogen and oxygen atoms in total. The fourth-order valence-electron chi connectivity index (χ4n) is 2.56. The van der Waals surface area contributed by atoms with E-state index < -0.39 is 0 Å². The van der Waals surface area contributed by atoms with Gasteiger partial charge in [0.1, 0.15) is 5.75 Å². The van der Waals surface area contributed by atoms with Gasteiger partial charge >= 0.3 is 0 Å². The second-order valence-electron chi connectivity index (χ2n) is 5.73. The van der Waals surface area contributed by atoms with Gasteiger partial charge in [0.15, 0.2) is 0 Å². The van der Waals surface area contributed by atoms with Gasteiger partial charge < -0.3 is 10.1 Å². The van der Waals surface area contributed by atoms with Crippen molar-refractivity contribution < 1.29 is 4.74 Å². The quantitative estimate of drug-likeness (QED) is 0.918.